The molecule has 0 radical (unpaired) electrons. The fourth-order valence-electron chi connectivity index (χ4n) is 12.7. The number of hydrogen-bond donors (Lipinski definition) is 4. The van der Waals surface area contributed by atoms with Crippen LogP contribution in [0.25, 0.3) is 10.9 Å². The molecule has 2 unspecified atom stereocenters. The van der Waals surface area contributed by atoms with Crippen LogP contribution in [0.15, 0.2) is 59.0 Å². The molecule has 0 bridgehead atoms. The van der Waals surface area contributed by atoms with Gasteiger partial charge in [-0.15, -0.1) is 0 Å². The largest absolute Gasteiger partial charge is 0.370 e. The zero-order valence-electron chi connectivity index (χ0n) is 41.5. The number of hydrogen-bond acceptors (Lipinski definition) is 12. The van der Waals surface area contributed by atoms with E-state index in [0.717, 1.165) is 168 Å². The number of para-hydroxylation sites is 1. The van der Waals surface area contributed by atoms with Crippen molar-refractivity contribution in [3.63, 3.8) is 0 Å². The number of rotatable bonds is 12. The molecule has 372 valence electrons. The Bertz CT molecular complexity index is 2590. The predicted octanol–water partition coefficient (Wildman–Crippen LogP) is 6.77. The number of aryl methyl sites for hydroxylation is 1. The molecule has 2 aromatic carbocycles. The van der Waals surface area contributed by atoms with Crippen molar-refractivity contribution in [1.29, 1.82) is 5.41 Å². The molecule has 4 N–H and O–H groups in total. The summed E-state index contributed by atoms with van der Waals surface area (Å²) in [4.78, 5) is 69.8. The quantitative estimate of drug-likeness (QED) is 0.0862. The highest BCUT2D eigenvalue weighted by molar-refractivity contribution is 6.19. The number of aromatic nitrogens is 2. The maximum atomic E-state index is 14.3. The van der Waals surface area contributed by atoms with Crippen LogP contribution in [0, 0.1) is 11.3 Å². The molecule has 3 aromatic rings. The summed E-state index contributed by atoms with van der Waals surface area (Å²) in [6.07, 6.45) is 19.8. The Morgan fingerprint density at radius 1 is 0.929 bits per heavy atom. The third kappa shape index (κ3) is 9.77. The summed E-state index contributed by atoms with van der Waals surface area (Å²) in [6, 6.07) is 11.5. The Morgan fingerprint density at radius 2 is 1.71 bits per heavy atom. The van der Waals surface area contributed by atoms with Crippen molar-refractivity contribution in [2.75, 3.05) is 56.5 Å². The van der Waals surface area contributed by atoms with Crippen LogP contribution in [-0.4, -0.2) is 130 Å². The van der Waals surface area contributed by atoms with Crippen LogP contribution in [-0.2, 0) is 34.5 Å². The van der Waals surface area contributed by atoms with Gasteiger partial charge in [0, 0.05) is 94.2 Å². The number of anilines is 2. The molecule has 4 saturated heterocycles. The van der Waals surface area contributed by atoms with Crippen molar-refractivity contribution in [2.24, 2.45) is 18.0 Å². The van der Waals surface area contributed by atoms with Crippen LogP contribution in [0.2, 0.25) is 0 Å². The summed E-state index contributed by atoms with van der Waals surface area (Å²) in [5.41, 5.74) is 6.45. The second-order valence-corrected chi connectivity index (χ2v) is 21.0. The van der Waals surface area contributed by atoms with E-state index in [-0.39, 0.29) is 29.3 Å². The summed E-state index contributed by atoms with van der Waals surface area (Å²) >= 11 is 0. The molecule has 10 rings (SSSR count). The van der Waals surface area contributed by atoms with Gasteiger partial charge in [-0.05, 0) is 145 Å². The van der Waals surface area contributed by atoms with Gasteiger partial charge in [-0.3, -0.25) is 34.1 Å². The number of nitrogens with one attached hydrogen (secondary N) is 4. The number of amides is 4. The minimum atomic E-state index is -0.412. The smallest absolute Gasteiger partial charge is 0.261 e. The third-order valence-electron chi connectivity index (χ3n) is 16.6. The Balaban J connectivity index is 0.747. The van der Waals surface area contributed by atoms with Gasteiger partial charge in [0.15, 0.2) is 0 Å². The Labute approximate surface area is 412 Å². The first-order valence-electron chi connectivity index (χ1n) is 26.3. The SMILES string of the molecule is CCC1CCCCN1C1=N/C(=C(/C=N)C(=O)Nc2cc3c(cc2N2CCCCC2)C(=O)N(C2CCC(CN(C)C4CCN(Cc5cccc6c(C7CCC(=O)NC7=O)nn(C)c56)CC4)CC2)C3)NC=C1. The lowest BCUT2D eigenvalue weighted by Gasteiger charge is -2.40. The molecule has 6 aliphatic heterocycles. The zero-order valence-corrected chi connectivity index (χ0v) is 41.5. The predicted molar refractivity (Wildman–Crippen MR) is 274 cm³/mol. The maximum Gasteiger partial charge on any atom is 0.261 e. The third-order valence-corrected chi connectivity index (χ3v) is 16.6. The van der Waals surface area contributed by atoms with Crippen LogP contribution in [0.3, 0.4) is 0 Å². The van der Waals surface area contributed by atoms with E-state index in [2.05, 4.69) is 72.6 Å². The zero-order chi connectivity index (χ0) is 48.5. The Hall–Kier alpha value is -5.87. The standard InChI is InChI=1S/C54H72N12O4/c1-4-38-12-6-9-26-65(38)47-20-23-56-51(58-47)44(31-55)53(69)57-45-29-37-34-66(54(70)43(37)30-46(45)64-24-7-5-8-25-64)40-16-14-35(15-17-40)32-61(2)39-21-27-63(28-22-39)33-36-11-10-13-41-49(60-62(3)50(36)41)42-18-19-48(67)59-52(42)68/h10-11,13,20,23,29-31,35,38-40,42,55-56H,4-9,12,14-19,21-22,24-28,32-34H2,1-3H3,(H,57,69)(H,59,67,68)/b51-44-,55-31?. The van der Waals surface area contributed by atoms with E-state index in [1.165, 1.54) is 12.0 Å². The van der Waals surface area contributed by atoms with Gasteiger partial charge >= 0.3 is 0 Å². The van der Waals surface area contributed by atoms with Crippen LogP contribution < -0.4 is 20.9 Å². The number of likely N-dealkylation sites (tertiary alicyclic amines) is 2. The van der Waals surface area contributed by atoms with Gasteiger partial charge in [0.05, 0.1) is 34.1 Å². The van der Waals surface area contributed by atoms with Crippen molar-refractivity contribution in [3.05, 3.63) is 76.4 Å². The second kappa shape index (κ2) is 20.8. The molecule has 4 amide bonds. The van der Waals surface area contributed by atoms with Crippen LogP contribution >= 0.6 is 0 Å². The van der Waals surface area contributed by atoms with Crippen LogP contribution in [0.4, 0.5) is 11.4 Å². The molecule has 1 saturated carbocycles. The highest BCUT2D eigenvalue weighted by atomic mass is 16.2. The van der Waals surface area contributed by atoms with Gasteiger partial charge in [-0.1, -0.05) is 25.1 Å². The average Bonchev–Trinajstić information content (AvgIpc) is 3.89. The van der Waals surface area contributed by atoms with E-state index >= 15 is 0 Å². The average molecular weight is 953 g/mol. The van der Waals surface area contributed by atoms with Gasteiger partial charge in [-0.25, -0.2) is 4.99 Å². The van der Waals surface area contributed by atoms with Crippen LogP contribution in [0.5, 0.6) is 0 Å². The summed E-state index contributed by atoms with van der Waals surface area (Å²) in [7, 11) is 4.24. The van der Waals surface area contributed by atoms with Crippen molar-refractivity contribution in [2.45, 2.75) is 140 Å². The number of piperidine rings is 4. The molecular weight excluding hydrogens is 881 g/mol. The monoisotopic (exact) mass is 953 g/mol. The highest BCUT2D eigenvalue weighted by Crippen LogP contribution is 2.40. The lowest BCUT2D eigenvalue weighted by atomic mass is 9.84. The van der Waals surface area contributed by atoms with Crippen LogP contribution in [0.1, 0.15) is 136 Å². The summed E-state index contributed by atoms with van der Waals surface area (Å²) in [6.45, 7) is 9.33. The molecule has 7 heterocycles. The lowest BCUT2D eigenvalue weighted by Crippen LogP contribution is -2.45. The Morgan fingerprint density at radius 3 is 2.47 bits per heavy atom. The molecule has 7 aliphatic rings. The fourth-order valence-corrected chi connectivity index (χ4v) is 12.7. The molecule has 0 spiro atoms. The van der Waals surface area contributed by atoms with Gasteiger partial charge < -0.3 is 35.6 Å². The molecule has 16 nitrogen and oxygen atoms in total. The molecular formula is C54H72N12O4. The minimum Gasteiger partial charge on any atom is -0.370 e. The number of amidine groups is 1. The fraction of sp³-hybridized carbons (Fsp3) is 0.574. The highest BCUT2D eigenvalue weighted by Gasteiger charge is 2.38. The summed E-state index contributed by atoms with van der Waals surface area (Å²) in [5, 5.41) is 23.0. The molecule has 1 aromatic heterocycles. The van der Waals surface area contributed by atoms with Crippen molar-refractivity contribution < 1.29 is 19.2 Å². The second-order valence-electron chi connectivity index (χ2n) is 21.0. The van der Waals surface area contributed by atoms with E-state index in [1.807, 2.05) is 36.1 Å². The molecule has 2 atom stereocenters. The number of fused-ring (bicyclic) bond motifs is 2. The van der Waals surface area contributed by atoms with E-state index in [9.17, 15) is 19.2 Å². The number of benzene rings is 2. The maximum absolute atomic E-state index is 14.3. The normalized spacial score (nSPS) is 25.5. The molecule has 1 aliphatic carbocycles. The molecule has 70 heavy (non-hydrogen) atoms. The van der Waals surface area contributed by atoms with E-state index in [1.54, 1.807) is 0 Å². The molecule has 5 fully saturated rings. The van der Waals surface area contributed by atoms with E-state index < -0.39 is 11.8 Å². The van der Waals surface area contributed by atoms with Gasteiger partial charge in [0.1, 0.15) is 11.7 Å². The first-order chi connectivity index (χ1) is 34.1. The topological polar surface area (TPSA) is 175 Å². The number of imide groups is 1. The van der Waals surface area contributed by atoms with Crippen molar-refractivity contribution in [1.82, 2.24) is 40.0 Å². The number of carbonyl (C=O) groups is 4. The Kier molecular flexibility index (Phi) is 14.2. The minimum absolute atomic E-state index is 0.0956. The van der Waals surface area contributed by atoms with E-state index in [0.29, 0.717) is 48.9 Å². The lowest BCUT2D eigenvalue weighted by molar-refractivity contribution is -0.134. The van der Waals surface area contributed by atoms with Crippen molar-refractivity contribution >= 4 is 58.0 Å². The number of aliphatic imine (C=N–C) groups is 1. The van der Waals surface area contributed by atoms with Gasteiger partial charge in [0.2, 0.25) is 11.8 Å². The van der Waals surface area contributed by atoms with Crippen molar-refractivity contribution in [3.8, 4) is 0 Å². The number of carbonyl (C=O) groups excluding carboxylic acids is 4. The van der Waals surface area contributed by atoms with Gasteiger partial charge in [-0.2, -0.15) is 5.10 Å². The number of nitrogens with zero attached hydrogens (tertiary/aromatic N) is 8. The van der Waals surface area contributed by atoms with E-state index in [4.69, 9.17) is 15.5 Å². The first kappa shape index (κ1) is 47.8. The van der Waals surface area contributed by atoms with Gasteiger partial charge in [0.25, 0.3) is 11.8 Å². The first-order valence-corrected chi connectivity index (χ1v) is 26.3. The summed E-state index contributed by atoms with van der Waals surface area (Å²) in [5.74, 6) is 0.615. The molecule has 16 heteroatoms. The summed E-state index contributed by atoms with van der Waals surface area (Å²) < 4.78 is 1.91.